The minimum Gasteiger partial charge on any atom is -0.465 e. The van der Waals surface area contributed by atoms with Gasteiger partial charge in [-0.25, -0.2) is 4.79 Å². The number of likely N-dealkylation sites (tertiary alicyclic amines) is 2. The normalized spacial score (nSPS) is 30.5. The molecule has 0 aliphatic carbocycles. The van der Waals surface area contributed by atoms with E-state index in [4.69, 9.17) is 10.2 Å². The van der Waals surface area contributed by atoms with Gasteiger partial charge in [0.1, 0.15) is 0 Å². The number of hydrogen-bond donors (Lipinski definition) is 2. The fraction of sp³-hybridized carbons (Fsp3) is 0.875. The number of rotatable bonds is 1. The maximum absolute atomic E-state index is 10.6. The van der Waals surface area contributed by atoms with Crippen LogP contribution >= 0.6 is 0 Å². The van der Waals surface area contributed by atoms with E-state index < -0.39 is 6.09 Å². The minimum absolute atomic E-state index is 0.195. The molecule has 5 heteroatoms. The minimum atomic E-state index is -0.830. The van der Waals surface area contributed by atoms with Crippen molar-refractivity contribution in [1.82, 2.24) is 9.80 Å². The van der Waals surface area contributed by atoms with Crippen LogP contribution in [0.15, 0.2) is 0 Å². The topological polar surface area (TPSA) is 64.0 Å². The van der Waals surface area contributed by atoms with Crippen molar-refractivity contribution in [1.29, 1.82) is 0 Å². The van der Waals surface area contributed by atoms with Crippen LogP contribution in [0.2, 0.25) is 0 Å². The fourth-order valence-corrected chi connectivity index (χ4v) is 2.00. The molecule has 0 saturated carbocycles. The second-order valence-corrected chi connectivity index (χ2v) is 3.78. The summed E-state index contributed by atoms with van der Waals surface area (Å²) >= 11 is 0. The van der Waals surface area contributed by atoms with Gasteiger partial charge in [-0.3, -0.25) is 4.90 Å². The van der Waals surface area contributed by atoms with Gasteiger partial charge in [0.05, 0.1) is 6.10 Å². The average Bonchev–Trinajstić information content (AvgIpc) is 2.46. The number of amides is 1. The van der Waals surface area contributed by atoms with Crippen molar-refractivity contribution in [2.24, 2.45) is 0 Å². The lowest BCUT2D eigenvalue weighted by Gasteiger charge is -2.40. The number of aliphatic hydroxyl groups is 1. The van der Waals surface area contributed by atoms with E-state index >= 15 is 0 Å². The lowest BCUT2D eigenvalue weighted by molar-refractivity contribution is -0.0217. The number of aliphatic hydroxyl groups excluding tert-OH is 1. The van der Waals surface area contributed by atoms with Crippen molar-refractivity contribution in [3.8, 4) is 0 Å². The van der Waals surface area contributed by atoms with Crippen LogP contribution in [0.4, 0.5) is 4.79 Å². The molecule has 5 nitrogen and oxygen atoms in total. The Labute approximate surface area is 76.6 Å². The molecule has 2 rings (SSSR count). The second kappa shape index (κ2) is 3.16. The van der Waals surface area contributed by atoms with Crippen LogP contribution in [0.25, 0.3) is 0 Å². The molecule has 1 amide bonds. The largest absolute Gasteiger partial charge is 0.465 e. The standard InChI is InChI=1S/C8H14N2O3/c11-7-4-10(5-7)6-1-2-9(3-6)8(12)13/h6-7,11H,1-5H2,(H,12,13)/t6-/m1/s1. The third kappa shape index (κ3) is 1.62. The predicted molar refractivity (Wildman–Crippen MR) is 45.6 cm³/mol. The highest BCUT2D eigenvalue weighted by Gasteiger charge is 2.36. The monoisotopic (exact) mass is 186 g/mol. The molecule has 13 heavy (non-hydrogen) atoms. The molecular weight excluding hydrogens is 172 g/mol. The van der Waals surface area contributed by atoms with E-state index in [0.717, 1.165) is 6.42 Å². The maximum Gasteiger partial charge on any atom is 0.407 e. The van der Waals surface area contributed by atoms with Gasteiger partial charge in [-0.15, -0.1) is 0 Å². The molecule has 0 aromatic heterocycles. The Morgan fingerprint density at radius 1 is 1.31 bits per heavy atom. The number of β-amino-alcohol motifs (C(OH)–C–C–N with tert-alkyl or cyclic N) is 1. The Morgan fingerprint density at radius 3 is 2.46 bits per heavy atom. The molecular formula is C8H14N2O3. The summed E-state index contributed by atoms with van der Waals surface area (Å²) in [4.78, 5) is 14.2. The lowest BCUT2D eigenvalue weighted by atomic mass is 10.1. The van der Waals surface area contributed by atoms with Crippen molar-refractivity contribution >= 4 is 6.09 Å². The van der Waals surface area contributed by atoms with Gasteiger partial charge in [-0.05, 0) is 6.42 Å². The molecule has 0 aromatic carbocycles. The molecule has 2 aliphatic heterocycles. The molecule has 2 fully saturated rings. The highest BCUT2D eigenvalue weighted by atomic mass is 16.4. The molecule has 1 atom stereocenters. The Kier molecular flexibility index (Phi) is 2.13. The lowest BCUT2D eigenvalue weighted by Crippen LogP contribution is -2.56. The first-order valence-corrected chi connectivity index (χ1v) is 4.57. The summed E-state index contributed by atoms with van der Waals surface area (Å²) in [6.07, 6.45) is -0.124. The number of nitrogens with zero attached hydrogens (tertiary/aromatic N) is 2. The zero-order valence-electron chi connectivity index (χ0n) is 7.39. The van der Waals surface area contributed by atoms with E-state index in [1.807, 2.05) is 0 Å². The molecule has 0 aromatic rings. The highest BCUT2D eigenvalue weighted by molar-refractivity contribution is 5.65. The van der Waals surface area contributed by atoms with Crippen molar-refractivity contribution in [3.05, 3.63) is 0 Å². The average molecular weight is 186 g/mol. The van der Waals surface area contributed by atoms with Crippen molar-refractivity contribution < 1.29 is 15.0 Å². The van der Waals surface area contributed by atoms with Crippen LogP contribution in [-0.2, 0) is 0 Å². The molecule has 0 radical (unpaired) electrons. The van der Waals surface area contributed by atoms with Gasteiger partial charge < -0.3 is 15.1 Å². The first kappa shape index (κ1) is 8.77. The Hall–Kier alpha value is -0.810. The third-order valence-electron chi connectivity index (χ3n) is 2.84. The maximum atomic E-state index is 10.6. The number of carbonyl (C=O) groups is 1. The molecule has 0 unspecified atom stereocenters. The number of carboxylic acid groups (broad SMARTS) is 1. The van der Waals surface area contributed by atoms with Gasteiger partial charge in [0.15, 0.2) is 0 Å². The molecule has 0 bridgehead atoms. The molecule has 0 spiro atoms. The van der Waals surface area contributed by atoms with Gasteiger partial charge in [0, 0.05) is 32.2 Å². The second-order valence-electron chi connectivity index (χ2n) is 3.78. The number of hydrogen-bond acceptors (Lipinski definition) is 3. The van der Waals surface area contributed by atoms with E-state index in [2.05, 4.69) is 4.90 Å². The summed E-state index contributed by atoms with van der Waals surface area (Å²) in [5, 5.41) is 17.8. The summed E-state index contributed by atoms with van der Waals surface area (Å²) in [6.45, 7) is 2.64. The summed E-state index contributed by atoms with van der Waals surface area (Å²) in [5.41, 5.74) is 0. The van der Waals surface area contributed by atoms with E-state index in [0.29, 0.717) is 32.2 Å². The molecule has 2 heterocycles. The molecule has 74 valence electrons. The van der Waals surface area contributed by atoms with Crippen LogP contribution in [0.3, 0.4) is 0 Å². The third-order valence-corrected chi connectivity index (χ3v) is 2.84. The van der Waals surface area contributed by atoms with Crippen LogP contribution in [0.1, 0.15) is 6.42 Å². The smallest absolute Gasteiger partial charge is 0.407 e. The Morgan fingerprint density at radius 2 is 2.00 bits per heavy atom. The van der Waals surface area contributed by atoms with E-state index in [1.165, 1.54) is 4.90 Å². The first-order valence-electron chi connectivity index (χ1n) is 4.57. The summed E-state index contributed by atoms with van der Waals surface area (Å²) in [6, 6.07) is 0.333. The van der Waals surface area contributed by atoms with Gasteiger partial charge in [-0.1, -0.05) is 0 Å². The first-order chi connectivity index (χ1) is 6.16. The van der Waals surface area contributed by atoms with Gasteiger partial charge in [0.25, 0.3) is 0 Å². The van der Waals surface area contributed by atoms with Crippen molar-refractivity contribution in [2.75, 3.05) is 26.2 Å². The quantitative estimate of drug-likeness (QED) is 0.575. The van der Waals surface area contributed by atoms with Crippen LogP contribution in [-0.4, -0.2) is 64.4 Å². The summed E-state index contributed by atoms with van der Waals surface area (Å²) in [5.74, 6) is 0. The summed E-state index contributed by atoms with van der Waals surface area (Å²) < 4.78 is 0. The highest BCUT2D eigenvalue weighted by Crippen LogP contribution is 2.20. The van der Waals surface area contributed by atoms with E-state index in [9.17, 15) is 4.79 Å². The van der Waals surface area contributed by atoms with Gasteiger partial charge in [-0.2, -0.15) is 0 Å². The van der Waals surface area contributed by atoms with Gasteiger partial charge >= 0.3 is 6.09 Å². The van der Waals surface area contributed by atoms with Crippen LogP contribution in [0.5, 0.6) is 0 Å². The van der Waals surface area contributed by atoms with Crippen LogP contribution < -0.4 is 0 Å². The zero-order chi connectivity index (χ0) is 9.42. The predicted octanol–water partition coefficient (Wildman–Crippen LogP) is -0.585. The van der Waals surface area contributed by atoms with E-state index in [1.54, 1.807) is 0 Å². The van der Waals surface area contributed by atoms with Crippen molar-refractivity contribution in [2.45, 2.75) is 18.6 Å². The Bertz CT molecular complexity index is 215. The summed E-state index contributed by atoms with van der Waals surface area (Å²) in [7, 11) is 0. The van der Waals surface area contributed by atoms with Crippen LogP contribution in [0, 0.1) is 0 Å². The SMILES string of the molecule is O=C(O)N1CC[C@@H](N2CC(O)C2)C1. The Balaban J connectivity index is 1.81. The molecule has 2 N–H and O–H groups in total. The van der Waals surface area contributed by atoms with E-state index in [-0.39, 0.29) is 6.10 Å². The van der Waals surface area contributed by atoms with Gasteiger partial charge in [0.2, 0.25) is 0 Å². The molecule has 2 aliphatic rings. The zero-order valence-corrected chi connectivity index (χ0v) is 7.39. The fourth-order valence-electron chi connectivity index (χ4n) is 2.00. The van der Waals surface area contributed by atoms with Crippen molar-refractivity contribution in [3.63, 3.8) is 0 Å². The molecule has 2 saturated heterocycles.